The van der Waals surface area contributed by atoms with Crippen LogP contribution in [0.25, 0.3) is 0 Å². The van der Waals surface area contributed by atoms with Crippen LogP contribution in [-0.2, 0) is 6.42 Å². The Bertz CT molecular complexity index is 542. The van der Waals surface area contributed by atoms with E-state index >= 15 is 0 Å². The molecular formula is C13H12BrF2NS. The molecule has 1 nitrogen and oxygen atoms in total. The highest BCUT2D eigenvalue weighted by Crippen LogP contribution is 2.31. The molecular weight excluding hydrogens is 320 g/mol. The molecule has 2 rings (SSSR count). The summed E-state index contributed by atoms with van der Waals surface area (Å²) >= 11 is 5.04. The van der Waals surface area contributed by atoms with Crippen LogP contribution >= 0.6 is 27.3 Å². The Hall–Kier alpha value is -0.780. The fourth-order valence-electron chi connectivity index (χ4n) is 1.81. The Morgan fingerprint density at radius 2 is 2.11 bits per heavy atom. The first-order valence-corrected chi connectivity index (χ1v) is 7.13. The standard InChI is InChI=1S/C13H12BrF2NS/c1-17-11(13-9(14)5-6-18-13)7-8-3-2-4-10(15)12(8)16/h2-6,11,17H,7H2,1H3. The first-order valence-electron chi connectivity index (χ1n) is 5.46. The summed E-state index contributed by atoms with van der Waals surface area (Å²) < 4.78 is 27.8. The largest absolute Gasteiger partial charge is 0.312 e. The number of thiophene rings is 1. The number of hydrogen-bond acceptors (Lipinski definition) is 2. The van der Waals surface area contributed by atoms with E-state index in [0.717, 1.165) is 15.4 Å². The lowest BCUT2D eigenvalue weighted by Gasteiger charge is -2.16. The normalized spacial score (nSPS) is 12.7. The monoisotopic (exact) mass is 331 g/mol. The quantitative estimate of drug-likeness (QED) is 0.881. The van der Waals surface area contributed by atoms with Gasteiger partial charge in [0, 0.05) is 15.4 Å². The molecule has 0 saturated carbocycles. The van der Waals surface area contributed by atoms with Crippen LogP contribution in [0.2, 0.25) is 0 Å². The van der Waals surface area contributed by atoms with Crippen LogP contribution in [0.3, 0.4) is 0 Å². The SMILES string of the molecule is CNC(Cc1cccc(F)c1F)c1sccc1Br. The smallest absolute Gasteiger partial charge is 0.162 e. The van der Waals surface area contributed by atoms with Crippen LogP contribution in [0.5, 0.6) is 0 Å². The van der Waals surface area contributed by atoms with Crippen molar-refractivity contribution in [3.8, 4) is 0 Å². The molecule has 0 aliphatic carbocycles. The molecule has 0 aliphatic rings. The topological polar surface area (TPSA) is 12.0 Å². The molecule has 2 aromatic rings. The van der Waals surface area contributed by atoms with Crippen LogP contribution in [0.15, 0.2) is 34.1 Å². The second kappa shape index (κ2) is 5.91. The Kier molecular flexibility index (Phi) is 4.48. The van der Waals surface area contributed by atoms with Crippen molar-refractivity contribution < 1.29 is 8.78 Å². The summed E-state index contributed by atoms with van der Waals surface area (Å²) in [7, 11) is 1.81. The Morgan fingerprint density at radius 3 is 2.72 bits per heavy atom. The maximum Gasteiger partial charge on any atom is 0.162 e. The summed E-state index contributed by atoms with van der Waals surface area (Å²) in [5.41, 5.74) is 0.384. The highest BCUT2D eigenvalue weighted by atomic mass is 79.9. The van der Waals surface area contributed by atoms with Crippen molar-refractivity contribution in [2.45, 2.75) is 12.5 Å². The van der Waals surface area contributed by atoms with Gasteiger partial charge in [0.2, 0.25) is 0 Å². The van der Waals surface area contributed by atoms with Gasteiger partial charge in [-0.2, -0.15) is 0 Å². The molecule has 5 heteroatoms. The van der Waals surface area contributed by atoms with Crippen LogP contribution in [0.1, 0.15) is 16.5 Å². The first-order chi connectivity index (χ1) is 8.63. The van der Waals surface area contributed by atoms with Gasteiger partial charge in [-0.1, -0.05) is 12.1 Å². The number of nitrogens with one attached hydrogen (secondary N) is 1. The molecule has 1 unspecified atom stereocenters. The molecule has 0 spiro atoms. The first kappa shape index (κ1) is 13.6. The number of hydrogen-bond donors (Lipinski definition) is 1. The Labute approximate surface area is 117 Å². The average Bonchev–Trinajstić information content (AvgIpc) is 2.77. The van der Waals surface area contributed by atoms with Crippen LogP contribution in [-0.4, -0.2) is 7.05 Å². The van der Waals surface area contributed by atoms with Crippen LogP contribution in [0.4, 0.5) is 8.78 Å². The van der Waals surface area contributed by atoms with Crippen molar-refractivity contribution in [1.82, 2.24) is 5.32 Å². The van der Waals surface area contributed by atoms with Gasteiger partial charge in [0.1, 0.15) is 0 Å². The highest BCUT2D eigenvalue weighted by molar-refractivity contribution is 9.10. The third kappa shape index (κ3) is 2.79. The van der Waals surface area contributed by atoms with Crippen molar-refractivity contribution in [2.24, 2.45) is 0 Å². The lowest BCUT2D eigenvalue weighted by atomic mass is 10.0. The molecule has 1 aromatic carbocycles. The molecule has 0 aliphatic heterocycles. The van der Waals surface area contributed by atoms with E-state index in [1.54, 1.807) is 17.4 Å². The lowest BCUT2D eigenvalue weighted by molar-refractivity contribution is 0.488. The molecule has 0 bridgehead atoms. The second-order valence-corrected chi connectivity index (χ2v) is 5.69. The molecule has 0 radical (unpaired) electrons. The second-order valence-electron chi connectivity index (χ2n) is 3.89. The van der Waals surface area contributed by atoms with Gasteiger partial charge in [0.15, 0.2) is 11.6 Å². The van der Waals surface area contributed by atoms with Gasteiger partial charge in [0.25, 0.3) is 0 Å². The van der Waals surface area contributed by atoms with E-state index in [2.05, 4.69) is 21.2 Å². The molecule has 18 heavy (non-hydrogen) atoms. The Morgan fingerprint density at radius 1 is 1.33 bits per heavy atom. The zero-order valence-corrected chi connectivity index (χ0v) is 12.1. The van der Waals surface area contributed by atoms with E-state index in [0.29, 0.717) is 12.0 Å². The average molecular weight is 332 g/mol. The Balaban J connectivity index is 2.26. The van der Waals surface area contributed by atoms with Gasteiger partial charge >= 0.3 is 0 Å². The maximum atomic E-state index is 13.6. The predicted octanol–water partition coefficient (Wildman–Crippen LogP) is 4.29. The minimum atomic E-state index is -0.799. The van der Waals surface area contributed by atoms with Crippen molar-refractivity contribution >= 4 is 27.3 Å². The number of rotatable bonds is 4. The molecule has 1 aromatic heterocycles. The summed E-state index contributed by atoms with van der Waals surface area (Å²) in [6.07, 6.45) is 0.416. The summed E-state index contributed by atoms with van der Waals surface area (Å²) in [5.74, 6) is -1.56. The summed E-state index contributed by atoms with van der Waals surface area (Å²) in [4.78, 5) is 1.08. The number of likely N-dealkylation sites (N-methyl/N-ethyl adjacent to an activating group) is 1. The van der Waals surface area contributed by atoms with Gasteiger partial charge in [-0.25, -0.2) is 8.78 Å². The van der Waals surface area contributed by atoms with E-state index < -0.39 is 11.6 Å². The van der Waals surface area contributed by atoms with Crippen LogP contribution in [0, 0.1) is 11.6 Å². The van der Waals surface area contributed by atoms with E-state index in [1.165, 1.54) is 6.07 Å². The highest BCUT2D eigenvalue weighted by Gasteiger charge is 2.17. The molecule has 1 heterocycles. The van der Waals surface area contributed by atoms with Crippen molar-refractivity contribution in [3.05, 3.63) is 56.2 Å². The third-order valence-corrected chi connectivity index (χ3v) is 4.75. The van der Waals surface area contributed by atoms with Crippen molar-refractivity contribution in [1.29, 1.82) is 0 Å². The molecule has 0 saturated heterocycles. The molecule has 1 atom stereocenters. The predicted molar refractivity (Wildman–Crippen MR) is 73.9 cm³/mol. The summed E-state index contributed by atoms with van der Waals surface area (Å²) in [5, 5.41) is 5.10. The van der Waals surface area contributed by atoms with Gasteiger partial charge in [-0.15, -0.1) is 11.3 Å². The summed E-state index contributed by atoms with van der Waals surface area (Å²) in [6, 6.07) is 6.20. The van der Waals surface area contributed by atoms with Crippen molar-refractivity contribution in [2.75, 3.05) is 7.05 Å². The van der Waals surface area contributed by atoms with E-state index in [4.69, 9.17) is 0 Å². The number of halogens is 3. The van der Waals surface area contributed by atoms with Gasteiger partial charge in [-0.05, 0) is 52.5 Å². The van der Waals surface area contributed by atoms with Gasteiger partial charge < -0.3 is 5.32 Å². The molecule has 0 amide bonds. The van der Waals surface area contributed by atoms with E-state index in [1.807, 2.05) is 18.5 Å². The van der Waals surface area contributed by atoms with Gasteiger partial charge in [-0.3, -0.25) is 0 Å². The zero-order valence-electron chi connectivity index (χ0n) is 9.71. The molecule has 0 fully saturated rings. The fraction of sp³-hybridized carbons (Fsp3) is 0.231. The number of benzene rings is 1. The fourth-order valence-corrected chi connectivity index (χ4v) is 3.57. The minimum absolute atomic E-state index is 0.0318. The van der Waals surface area contributed by atoms with Crippen LogP contribution < -0.4 is 5.32 Å². The maximum absolute atomic E-state index is 13.6. The van der Waals surface area contributed by atoms with Crippen molar-refractivity contribution in [3.63, 3.8) is 0 Å². The summed E-state index contributed by atoms with van der Waals surface area (Å²) in [6.45, 7) is 0. The molecule has 1 N–H and O–H groups in total. The lowest BCUT2D eigenvalue weighted by Crippen LogP contribution is -2.18. The zero-order chi connectivity index (χ0) is 13.1. The van der Waals surface area contributed by atoms with Gasteiger partial charge in [0.05, 0.1) is 0 Å². The van der Waals surface area contributed by atoms with E-state index in [9.17, 15) is 8.78 Å². The third-order valence-electron chi connectivity index (χ3n) is 2.77. The minimum Gasteiger partial charge on any atom is -0.312 e. The van der Waals surface area contributed by atoms with E-state index in [-0.39, 0.29) is 6.04 Å². The molecule has 96 valence electrons.